The van der Waals surface area contributed by atoms with Gasteiger partial charge in [-0.05, 0) is 50.0 Å². The zero-order chi connectivity index (χ0) is 12.8. The molecule has 2 heteroatoms. The normalized spacial score (nSPS) is 13.3. The molecule has 0 radical (unpaired) electrons. The summed E-state index contributed by atoms with van der Waals surface area (Å²) in [7, 11) is 2.18. The number of benzene rings is 1. The average molecular weight is 235 g/mol. The van der Waals surface area contributed by atoms with Gasteiger partial charge in [0.25, 0.3) is 0 Å². The van der Waals surface area contributed by atoms with Crippen LogP contribution in [0.1, 0.15) is 45.2 Å². The highest BCUT2D eigenvalue weighted by atomic mass is 16.3. The van der Waals surface area contributed by atoms with E-state index in [2.05, 4.69) is 32.7 Å². The average Bonchev–Trinajstić information content (AvgIpc) is 2.30. The Balaban J connectivity index is 2.66. The van der Waals surface area contributed by atoms with E-state index in [1.807, 2.05) is 12.1 Å². The lowest BCUT2D eigenvalue weighted by Crippen LogP contribution is -2.26. The first kappa shape index (κ1) is 14.0. The van der Waals surface area contributed by atoms with Crippen molar-refractivity contribution in [2.75, 3.05) is 13.6 Å². The molecule has 2 nitrogen and oxygen atoms in total. The van der Waals surface area contributed by atoms with E-state index in [1.54, 1.807) is 12.1 Å². The zero-order valence-corrected chi connectivity index (χ0v) is 11.5. The van der Waals surface area contributed by atoms with Crippen LogP contribution in [0.15, 0.2) is 24.3 Å². The number of rotatable bonds is 6. The zero-order valence-electron chi connectivity index (χ0n) is 11.5. The number of phenolic OH excluding ortho intramolecular Hbond substituents is 1. The van der Waals surface area contributed by atoms with Gasteiger partial charge in [0.2, 0.25) is 0 Å². The van der Waals surface area contributed by atoms with Gasteiger partial charge in [0, 0.05) is 6.04 Å². The third kappa shape index (κ3) is 4.39. The van der Waals surface area contributed by atoms with Crippen molar-refractivity contribution in [3.8, 4) is 5.75 Å². The summed E-state index contributed by atoms with van der Waals surface area (Å²) >= 11 is 0. The minimum Gasteiger partial charge on any atom is -0.508 e. The molecule has 1 aromatic carbocycles. The van der Waals surface area contributed by atoms with Gasteiger partial charge in [0.15, 0.2) is 0 Å². The van der Waals surface area contributed by atoms with Crippen LogP contribution in [0.4, 0.5) is 0 Å². The van der Waals surface area contributed by atoms with Crippen LogP contribution in [0.5, 0.6) is 5.75 Å². The monoisotopic (exact) mass is 235 g/mol. The summed E-state index contributed by atoms with van der Waals surface area (Å²) in [6.07, 6.45) is 2.32. The molecule has 0 fully saturated rings. The molecule has 0 saturated heterocycles. The second kappa shape index (κ2) is 6.65. The fraction of sp³-hybridized carbons (Fsp3) is 0.600. The molecule has 1 atom stereocenters. The van der Waals surface area contributed by atoms with Crippen molar-refractivity contribution < 1.29 is 5.11 Å². The van der Waals surface area contributed by atoms with Crippen LogP contribution in [0, 0.1) is 5.92 Å². The summed E-state index contributed by atoms with van der Waals surface area (Å²) in [5, 5.41) is 9.31. The Hall–Kier alpha value is -1.02. The summed E-state index contributed by atoms with van der Waals surface area (Å²) in [5.74, 6) is 1.09. The summed E-state index contributed by atoms with van der Waals surface area (Å²) < 4.78 is 0. The first-order valence-electron chi connectivity index (χ1n) is 6.53. The van der Waals surface area contributed by atoms with Crippen LogP contribution in [-0.4, -0.2) is 23.6 Å². The fourth-order valence-corrected chi connectivity index (χ4v) is 2.12. The summed E-state index contributed by atoms with van der Waals surface area (Å²) in [6.45, 7) is 7.85. The quantitative estimate of drug-likeness (QED) is 0.810. The molecule has 0 spiro atoms. The Labute approximate surface area is 105 Å². The van der Waals surface area contributed by atoms with E-state index in [0.717, 1.165) is 18.9 Å². The van der Waals surface area contributed by atoms with Gasteiger partial charge in [-0.25, -0.2) is 0 Å². The smallest absolute Gasteiger partial charge is 0.115 e. The highest BCUT2D eigenvalue weighted by Crippen LogP contribution is 2.25. The van der Waals surface area contributed by atoms with Crippen LogP contribution >= 0.6 is 0 Å². The molecule has 0 amide bonds. The molecule has 1 aromatic rings. The SMILES string of the molecule is CCC(c1ccc(O)cc1)N(C)CCC(C)C. The maximum Gasteiger partial charge on any atom is 0.115 e. The van der Waals surface area contributed by atoms with E-state index >= 15 is 0 Å². The van der Waals surface area contributed by atoms with E-state index < -0.39 is 0 Å². The van der Waals surface area contributed by atoms with E-state index in [1.165, 1.54) is 12.0 Å². The van der Waals surface area contributed by atoms with Gasteiger partial charge in [-0.15, -0.1) is 0 Å². The second-order valence-corrected chi connectivity index (χ2v) is 5.18. The molecular weight excluding hydrogens is 210 g/mol. The summed E-state index contributed by atoms with van der Waals surface area (Å²) in [6, 6.07) is 8.04. The number of nitrogens with zero attached hydrogens (tertiary/aromatic N) is 1. The van der Waals surface area contributed by atoms with Crippen molar-refractivity contribution in [1.29, 1.82) is 0 Å². The van der Waals surface area contributed by atoms with Gasteiger partial charge in [-0.1, -0.05) is 32.9 Å². The largest absolute Gasteiger partial charge is 0.508 e. The third-order valence-corrected chi connectivity index (χ3v) is 3.26. The second-order valence-electron chi connectivity index (χ2n) is 5.18. The molecule has 1 N–H and O–H groups in total. The molecule has 0 saturated carbocycles. The van der Waals surface area contributed by atoms with Crippen molar-refractivity contribution in [2.45, 2.75) is 39.7 Å². The molecule has 0 bridgehead atoms. The minimum absolute atomic E-state index is 0.341. The molecule has 1 unspecified atom stereocenters. The molecule has 0 aliphatic heterocycles. The van der Waals surface area contributed by atoms with Crippen LogP contribution in [0.25, 0.3) is 0 Å². The summed E-state index contributed by atoms with van der Waals surface area (Å²) in [4.78, 5) is 2.41. The molecule has 0 aliphatic rings. The third-order valence-electron chi connectivity index (χ3n) is 3.26. The number of hydrogen-bond acceptors (Lipinski definition) is 2. The highest BCUT2D eigenvalue weighted by molar-refractivity contribution is 5.28. The van der Waals surface area contributed by atoms with Gasteiger partial charge in [-0.3, -0.25) is 4.90 Å². The Kier molecular flexibility index (Phi) is 5.49. The lowest BCUT2D eigenvalue weighted by atomic mass is 10.0. The maximum absolute atomic E-state index is 9.31. The molecule has 0 aromatic heterocycles. The number of hydrogen-bond donors (Lipinski definition) is 1. The molecule has 96 valence electrons. The van der Waals surface area contributed by atoms with Crippen molar-refractivity contribution >= 4 is 0 Å². The van der Waals surface area contributed by atoms with Crippen molar-refractivity contribution in [3.05, 3.63) is 29.8 Å². The van der Waals surface area contributed by atoms with Crippen LogP contribution in [0.3, 0.4) is 0 Å². The van der Waals surface area contributed by atoms with E-state index in [9.17, 15) is 5.11 Å². The van der Waals surface area contributed by atoms with Crippen LogP contribution < -0.4 is 0 Å². The maximum atomic E-state index is 9.31. The van der Waals surface area contributed by atoms with E-state index in [-0.39, 0.29) is 0 Å². The Morgan fingerprint density at radius 1 is 1.18 bits per heavy atom. The topological polar surface area (TPSA) is 23.5 Å². The lowest BCUT2D eigenvalue weighted by molar-refractivity contribution is 0.226. The standard InChI is InChI=1S/C15H25NO/c1-5-15(16(4)11-10-12(2)3)13-6-8-14(17)9-7-13/h6-9,12,15,17H,5,10-11H2,1-4H3. The first-order valence-corrected chi connectivity index (χ1v) is 6.53. The number of phenols is 1. The van der Waals surface area contributed by atoms with Gasteiger partial charge in [0.1, 0.15) is 5.75 Å². The fourth-order valence-electron chi connectivity index (χ4n) is 2.12. The van der Waals surface area contributed by atoms with Gasteiger partial charge >= 0.3 is 0 Å². The Morgan fingerprint density at radius 2 is 1.76 bits per heavy atom. The number of aromatic hydroxyl groups is 1. The van der Waals surface area contributed by atoms with Gasteiger partial charge in [-0.2, -0.15) is 0 Å². The minimum atomic E-state index is 0.341. The predicted molar refractivity (Wildman–Crippen MR) is 73.2 cm³/mol. The van der Waals surface area contributed by atoms with Crippen LogP contribution in [-0.2, 0) is 0 Å². The van der Waals surface area contributed by atoms with Gasteiger partial charge < -0.3 is 5.11 Å². The van der Waals surface area contributed by atoms with Crippen molar-refractivity contribution in [1.82, 2.24) is 4.90 Å². The van der Waals surface area contributed by atoms with E-state index in [4.69, 9.17) is 0 Å². The van der Waals surface area contributed by atoms with Crippen molar-refractivity contribution in [3.63, 3.8) is 0 Å². The highest BCUT2D eigenvalue weighted by Gasteiger charge is 2.14. The molecular formula is C15H25NO. The molecule has 0 heterocycles. The Morgan fingerprint density at radius 3 is 2.24 bits per heavy atom. The summed E-state index contributed by atoms with van der Waals surface area (Å²) in [5.41, 5.74) is 1.29. The molecule has 17 heavy (non-hydrogen) atoms. The predicted octanol–water partition coefficient (Wildman–Crippen LogP) is 3.82. The first-order chi connectivity index (χ1) is 8.04. The molecule has 0 aliphatic carbocycles. The van der Waals surface area contributed by atoms with Gasteiger partial charge in [0.05, 0.1) is 0 Å². The van der Waals surface area contributed by atoms with Crippen LogP contribution in [0.2, 0.25) is 0 Å². The lowest BCUT2D eigenvalue weighted by Gasteiger charge is -2.28. The van der Waals surface area contributed by atoms with E-state index in [0.29, 0.717) is 11.8 Å². The Bertz CT molecular complexity index is 318. The van der Waals surface area contributed by atoms with Crippen molar-refractivity contribution in [2.24, 2.45) is 5.92 Å². The molecule has 1 rings (SSSR count).